The van der Waals surface area contributed by atoms with Gasteiger partial charge < -0.3 is 4.74 Å². The summed E-state index contributed by atoms with van der Waals surface area (Å²) in [5.74, 6) is 0. The van der Waals surface area contributed by atoms with Crippen molar-refractivity contribution in [1.82, 2.24) is 0 Å². The first-order valence-corrected chi connectivity index (χ1v) is 3.77. The van der Waals surface area contributed by atoms with Gasteiger partial charge in [-0.25, -0.2) is 0 Å². The standard InChI is InChI=1S/C6H8INO/c1-6(2)4-8-3-5(7)9-6/h3-4H,1-2H3. The van der Waals surface area contributed by atoms with Crippen LogP contribution in [0.4, 0.5) is 0 Å². The van der Waals surface area contributed by atoms with E-state index in [9.17, 15) is 0 Å². The fourth-order valence-corrected chi connectivity index (χ4v) is 1.31. The number of halogens is 1. The Bertz CT molecular complexity index is 172. The van der Waals surface area contributed by atoms with E-state index in [0.717, 1.165) is 3.77 Å². The molecule has 0 aromatic rings. The molecular formula is C6H8INO. The molecule has 9 heavy (non-hydrogen) atoms. The lowest BCUT2D eigenvalue weighted by molar-refractivity contribution is 0.120. The normalized spacial score (nSPS) is 22.8. The molecule has 0 aromatic heterocycles. The van der Waals surface area contributed by atoms with Crippen molar-refractivity contribution in [1.29, 1.82) is 0 Å². The summed E-state index contributed by atoms with van der Waals surface area (Å²) in [5.41, 5.74) is -0.217. The van der Waals surface area contributed by atoms with Crippen molar-refractivity contribution >= 4 is 28.8 Å². The highest BCUT2D eigenvalue weighted by atomic mass is 127. The van der Waals surface area contributed by atoms with Crippen LogP contribution >= 0.6 is 22.6 Å². The van der Waals surface area contributed by atoms with E-state index in [-0.39, 0.29) is 5.60 Å². The number of nitrogens with zero attached hydrogens (tertiary/aromatic N) is 1. The first-order chi connectivity index (χ1) is 4.10. The van der Waals surface area contributed by atoms with Gasteiger partial charge in [-0.2, -0.15) is 0 Å². The van der Waals surface area contributed by atoms with Crippen LogP contribution in [-0.4, -0.2) is 11.8 Å². The van der Waals surface area contributed by atoms with E-state index in [4.69, 9.17) is 4.74 Å². The van der Waals surface area contributed by atoms with Crippen LogP contribution in [0.5, 0.6) is 0 Å². The lowest BCUT2D eigenvalue weighted by atomic mass is 10.1. The van der Waals surface area contributed by atoms with Gasteiger partial charge in [-0.05, 0) is 13.8 Å². The molecule has 1 heterocycles. The molecule has 0 aromatic carbocycles. The third-order valence-electron chi connectivity index (χ3n) is 0.922. The summed E-state index contributed by atoms with van der Waals surface area (Å²) in [7, 11) is 0. The Balaban J connectivity index is 2.73. The number of ether oxygens (including phenoxy) is 1. The summed E-state index contributed by atoms with van der Waals surface area (Å²) in [6.45, 7) is 3.95. The average Bonchev–Trinajstić information content (AvgIpc) is 1.60. The summed E-state index contributed by atoms with van der Waals surface area (Å²) in [5, 5.41) is 0. The maximum Gasteiger partial charge on any atom is 0.176 e. The van der Waals surface area contributed by atoms with Crippen molar-refractivity contribution in [3.05, 3.63) is 9.97 Å². The quantitative estimate of drug-likeness (QED) is 0.591. The van der Waals surface area contributed by atoms with Crippen LogP contribution < -0.4 is 0 Å². The van der Waals surface area contributed by atoms with Crippen LogP contribution in [0.1, 0.15) is 13.8 Å². The lowest BCUT2D eigenvalue weighted by Crippen LogP contribution is -2.26. The molecule has 2 nitrogen and oxygen atoms in total. The molecule has 1 aliphatic heterocycles. The number of hydrogen-bond acceptors (Lipinski definition) is 2. The summed E-state index contributed by atoms with van der Waals surface area (Å²) >= 11 is 2.11. The molecule has 3 heteroatoms. The zero-order valence-electron chi connectivity index (χ0n) is 5.39. The van der Waals surface area contributed by atoms with E-state index in [1.165, 1.54) is 0 Å². The van der Waals surface area contributed by atoms with E-state index >= 15 is 0 Å². The van der Waals surface area contributed by atoms with Gasteiger partial charge in [-0.15, -0.1) is 0 Å². The van der Waals surface area contributed by atoms with Crippen LogP contribution in [0.2, 0.25) is 0 Å². The molecule has 0 saturated carbocycles. The van der Waals surface area contributed by atoms with Crippen molar-refractivity contribution in [3.63, 3.8) is 0 Å². The van der Waals surface area contributed by atoms with Gasteiger partial charge in [-0.3, -0.25) is 4.99 Å². The molecule has 0 amide bonds. The molecule has 0 saturated heterocycles. The van der Waals surface area contributed by atoms with E-state index in [1.54, 1.807) is 12.4 Å². The highest BCUT2D eigenvalue weighted by Crippen LogP contribution is 2.20. The lowest BCUT2D eigenvalue weighted by Gasteiger charge is -2.23. The predicted octanol–water partition coefficient (Wildman–Crippen LogP) is 2.10. The van der Waals surface area contributed by atoms with Gasteiger partial charge in [0.1, 0.15) is 5.60 Å². The van der Waals surface area contributed by atoms with Gasteiger partial charge in [0.25, 0.3) is 0 Å². The van der Waals surface area contributed by atoms with Gasteiger partial charge in [0.05, 0.1) is 6.20 Å². The van der Waals surface area contributed by atoms with Gasteiger partial charge in [0.2, 0.25) is 0 Å². The van der Waals surface area contributed by atoms with E-state index < -0.39 is 0 Å². The summed E-state index contributed by atoms with van der Waals surface area (Å²) in [6, 6.07) is 0. The predicted molar refractivity (Wildman–Crippen MR) is 45.8 cm³/mol. The summed E-state index contributed by atoms with van der Waals surface area (Å²) in [6.07, 6.45) is 3.49. The molecule has 0 radical (unpaired) electrons. The van der Waals surface area contributed by atoms with Gasteiger partial charge >= 0.3 is 0 Å². The fourth-order valence-electron chi connectivity index (χ4n) is 0.579. The van der Waals surface area contributed by atoms with Gasteiger partial charge in [-0.1, -0.05) is 0 Å². The van der Waals surface area contributed by atoms with E-state index in [1.807, 2.05) is 13.8 Å². The average molecular weight is 237 g/mol. The molecule has 50 valence electrons. The highest BCUT2D eigenvalue weighted by Gasteiger charge is 2.19. The van der Waals surface area contributed by atoms with Gasteiger partial charge in [0.15, 0.2) is 3.77 Å². The molecule has 0 N–H and O–H groups in total. The first-order valence-electron chi connectivity index (χ1n) is 2.69. The van der Waals surface area contributed by atoms with E-state index in [0.29, 0.717) is 0 Å². The van der Waals surface area contributed by atoms with E-state index in [2.05, 4.69) is 27.6 Å². The smallest absolute Gasteiger partial charge is 0.176 e. The largest absolute Gasteiger partial charge is 0.475 e. The zero-order valence-corrected chi connectivity index (χ0v) is 7.55. The molecule has 1 rings (SSSR count). The van der Waals surface area contributed by atoms with Crippen LogP contribution in [0, 0.1) is 0 Å². The fraction of sp³-hybridized carbons (Fsp3) is 0.500. The van der Waals surface area contributed by atoms with Crippen LogP contribution in [0.25, 0.3) is 0 Å². The number of rotatable bonds is 0. The Morgan fingerprint density at radius 2 is 2.33 bits per heavy atom. The van der Waals surface area contributed by atoms with Crippen molar-refractivity contribution in [3.8, 4) is 0 Å². The minimum Gasteiger partial charge on any atom is -0.475 e. The van der Waals surface area contributed by atoms with Crippen LogP contribution in [-0.2, 0) is 4.74 Å². The zero-order chi connectivity index (χ0) is 6.91. The number of hydrogen-bond donors (Lipinski definition) is 0. The molecule has 0 spiro atoms. The van der Waals surface area contributed by atoms with Crippen LogP contribution in [0.3, 0.4) is 0 Å². The van der Waals surface area contributed by atoms with Crippen molar-refractivity contribution in [2.75, 3.05) is 0 Å². The third kappa shape index (κ3) is 1.97. The summed E-state index contributed by atoms with van der Waals surface area (Å²) in [4.78, 5) is 3.99. The second-order valence-corrected chi connectivity index (χ2v) is 3.48. The maximum atomic E-state index is 5.37. The molecule has 0 aliphatic carbocycles. The summed E-state index contributed by atoms with van der Waals surface area (Å²) < 4.78 is 6.22. The first kappa shape index (κ1) is 7.05. The van der Waals surface area contributed by atoms with Crippen molar-refractivity contribution < 1.29 is 4.74 Å². The highest BCUT2D eigenvalue weighted by molar-refractivity contribution is 14.1. The SMILES string of the molecule is CC1(C)C=NC=C(I)O1. The Hall–Kier alpha value is -0.0600. The Kier molecular flexibility index (Phi) is 1.79. The number of aliphatic imine (C=N–C) groups is 1. The Labute approximate surface area is 68.1 Å². The Morgan fingerprint density at radius 3 is 2.67 bits per heavy atom. The Morgan fingerprint density at radius 1 is 1.67 bits per heavy atom. The molecule has 0 bridgehead atoms. The third-order valence-corrected chi connectivity index (χ3v) is 1.42. The monoisotopic (exact) mass is 237 g/mol. The molecule has 0 fully saturated rings. The van der Waals surface area contributed by atoms with Crippen LogP contribution in [0.15, 0.2) is 15.0 Å². The second-order valence-electron chi connectivity index (χ2n) is 2.42. The van der Waals surface area contributed by atoms with Gasteiger partial charge in [0, 0.05) is 28.8 Å². The topological polar surface area (TPSA) is 21.6 Å². The minimum absolute atomic E-state index is 0.217. The molecular weight excluding hydrogens is 229 g/mol. The molecule has 1 aliphatic rings. The second kappa shape index (κ2) is 2.28. The van der Waals surface area contributed by atoms with Crippen molar-refractivity contribution in [2.45, 2.75) is 19.4 Å². The minimum atomic E-state index is -0.217. The molecule has 0 atom stereocenters. The molecule has 0 unspecified atom stereocenters. The maximum absolute atomic E-state index is 5.37. The van der Waals surface area contributed by atoms with Crippen molar-refractivity contribution in [2.24, 2.45) is 4.99 Å².